The fraction of sp³-hybridized carbons (Fsp3) is 0.440. The molecule has 2 aliphatic heterocycles. The molecular weight excluding hydrogens is 493 g/mol. The molecule has 0 aliphatic carbocycles. The number of thioether (sulfide) groups is 1. The number of morpholine rings is 1. The van der Waals surface area contributed by atoms with Gasteiger partial charge in [-0.25, -0.2) is 4.79 Å². The average molecular weight is 520 g/mol. The summed E-state index contributed by atoms with van der Waals surface area (Å²) in [4.78, 5) is 15.9. The number of nitrogens with zero attached hydrogens (tertiary/aromatic N) is 3. The van der Waals surface area contributed by atoms with Gasteiger partial charge in [-0.15, -0.1) is 0 Å². The second-order valence-corrected chi connectivity index (χ2v) is 10.9. The highest BCUT2D eigenvalue weighted by Crippen LogP contribution is 2.33. The Hall–Kier alpha value is -1.77. The van der Waals surface area contributed by atoms with Gasteiger partial charge in [-0.1, -0.05) is 47.5 Å². The van der Waals surface area contributed by atoms with Gasteiger partial charge in [-0.05, 0) is 48.1 Å². The van der Waals surface area contributed by atoms with E-state index in [1.165, 1.54) is 0 Å². The van der Waals surface area contributed by atoms with Crippen molar-refractivity contribution in [3.05, 3.63) is 63.8 Å². The van der Waals surface area contributed by atoms with Gasteiger partial charge < -0.3 is 9.47 Å². The summed E-state index contributed by atoms with van der Waals surface area (Å²) in [6.07, 6.45) is 1.69. The van der Waals surface area contributed by atoms with Crippen molar-refractivity contribution in [2.75, 3.05) is 44.4 Å². The molecule has 0 atom stereocenters. The van der Waals surface area contributed by atoms with Gasteiger partial charge in [0.2, 0.25) is 0 Å². The topological polar surface area (TPSA) is 56.6 Å². The number of carbonyl (C=O) groups is 1. The maximum absolute atomic E-state index is 13.6. The van der Waals surface area contributed by atoms with E-state index in [1.807, 2.05) is 46.8 Å². The van der Waals surface area contributed by atoms with Crippen molar-refractivity contribution in [1.29, 1.82) is 0 Å². The van der Waals surface area contributed by atoms with Gasteiger partial charge in [0.25, 0.3) is 0 Å². The highest BCUT2D eigenvalue weighted by atomic mass is 35.5. The van der Waals surface area contributed by atoms with Crippen LogP contribution in [0.5, 0.6) is 0 Å². The zero-order valence-corrected chi connectivity index (χ0v) is 21.2. The summed E-state index contributed by atoms with van der Waals surface area (Å²) >= 11 is 14.4. The highest BCUT2D eigenvalue weighted by Gasteiger charge is 2.39. The third-order valence-electron chi connectivity index (χ3n) is 6.52. The zero-order valence-electron chi connectivity index (χ0n) is 18.8. The van der Waals surface area contributed by atoms with Crippen LogP contribution in [0, 0.1) is 0 Å². The molecule has 0 bridgehead atoms. The van der Waals surface area contributed by atoms with E-state index in [1.54, 1.807) is 12.1 Å². The van der Waals surface area contributed by atoms with Crippen LogP contribution in [0.1, 0.15) is 28.9 Å². The lowest BCUT2D eigenvalue weighted by atomic mass is 9.95. The van der Waals surface area contributed by atoms with Gasteiger partial charge in [0, 0.05) is 35.1 Å². The van der Waals surface area contributed by atoms with Gasteiger partial charge in [0.05, 0.1) is 25.3 Å². The molecule has 3 heterocycles. The summed E-state index contributed by atoms with van der Waals surface area (Å²) in [7, 11) is 0. The van der Waals surface area contributed by atoms with Gasteiger partial charge in [-0.3, -0.25) is 9.58 Å². The summed E-state index contributed by atoms with van der Waals surface area (Å²) in [6.45, 7) is 4.35. The number of para-hydroxylation sites is 1. The second-order valence-electron chi connectivity index (χ2n) is 8.83. The Balaban J connectivity index is 1.43. The molecule has 2 fully saturated rings. The van der Waals surface area contributed by atoms with Crippen LogP contribution in [0.3, 0.4) is 0 Å². The number of fused-ring (bicyclic) bond motifs is 1. The van der Waals surface area contributed by atoms with Gasteiger partial charge in [0.15, 0.2) is 5.69 Å². The number of benzene rings is 2. The van der Waals surface area contributed by atoms with Crippen LogP contribution < -0.4 is 0 Å². The Labute approximate surface area is 213 Å². The monoisotopic (exact) mass is 519 g/mol. The lowest BCUT2D eigenvalue weighted by Crippen LogP contribution is -2.51. The summed E-state index contributed by atoms with van der Waals surface area (Å²) in [6, 6.07) is 13.2. The van der Waals surface area contributed by atoms with Crippen LogP contribution in [0.2, 0.25) is 10.0 Å². The van der Waals surface area contributed by atoms with Crippen molar-refractivity contribution in [3.8, 4) is 0 Å². The molecule has 2 aromatic carbocycles. The Bertz CT molecular complexity index is 1170. The summed E-state index contributed by atoms with van der Waals surface area (Å²) in [5.41, 5.74) is 1.60. The number of ether oxygens (including phenoxy) is 2. The molecule has 0 N–H and O–H groups in total. The first-order valence-electron chi connectivity index (χ1n) is 11.5. The Kier molecular flexibility index (Phi) is 7.37. The third kappa shape index (κ3) is 5.24. The second kappa shape index (κ2) is 10.5. The fourth-order valence-electron chi connectivity index (χ4n) is 4.66. The van der Waals surface area contributed by atoms with E-state index in [0.29, 0.717) is 22.3 Å². The highest BCUT2D eigenvalue weighted by molar-refractivity contribution is 7.99. The largest absolute Gasteiger partial charge is 0.453 e. The zero-order chi connectivity index (χ0) is 23.5. The molecule has 180 valence electrons. The smallest absolute Gasteiger partial charge is 0.360 e. The van der Waals surface area contributed by atoms with E-state index in [-0.39, 0.29) is 5.97 Å². The number of halogens is 2. The van der Waals surface area contributed by atoms with Crippen LogP contribution in [0.25, 0.3) is 10.9 Å². The first kappa shape index (κ1) is 23.9. The van der Waals surface area contributed by atoms with Crippen molar-refractivity contribution in [2.45, 2.75) is 25.0 Å². The van der Waals surface area contributed by atoms with E-state index >= 15 is 0 Å². The molecule has 34 heavy (non-hydrogen) atoms. The number of aromatic nitrogens is 2. The van der Waals surface area contributed by atoms with Crippen molar-refractivity contribution in [2.24, 2.45) is 0 Å². The minimum absolute atomic E-state index is 0.347. The number of rotatable bonds is 6. The first-order valence-corrected chi connectivity index (χ1v) is 13.4. The molecule has 6 nitrogen and oxygen atoms in total. The van der Waals surface area contributed by atoms with Crippen molar-refractivity contribution in [1.82, 2.24) is 14.7 Å². The molecule has 0 radical (unpaired) electrons. The first-order chi connectivity index (χ1) is 16.5. The standard InChI is InChI=1S/C25H27Cl2N3O3S/c26-19-6-5-18(21(27)15-19)16-30-22-4-2-1-3-20(22)23(28-30)24(31)33-25(7-13-34-14-8-25)17-29-9-11-32-12-10-29/h1-6,15H,7-14,16-17H2. The maximum Gasteiger partial charge on any atom is 0.360 e. The Morgan fingerprint density at radius 1 is 1.12 bits per heavy atom. The van der Waals surface area contributed by atoms with Gasteiger partial charge in [-0.2, -0.15) is 16.9 Å². The lowest BCUT2D eigenvalue weighted by Gasteiger charge is -2.41. The van der Waals surface area contributed by atoms with Crippen LogP contribution in [-0.2, 0) is 16.0 Å². The molecule has 3 aromatic rings. The summed E-state index contributed by atoms with van der Waals surface area (Å²) in [5, 5.41) is 6.64. The predicted octanol–water partition coefficient (Wildman–Crippen LogP) is 5.15. The summed E-state index contributed by atoms with van der Waals surface area (Å²) in [5.74, 6) is 1.61. The average Bonchev–Trinajstić information content (AvgIpc) is 3.21. The van der Waals surface area contributed by atoms with E-state index in [0.717, 1.165) is 73.7 Å². The maximum atomic E-state index is 13.6. The predicted molar refractivity (Wildman–Crippen MR) is 137 cm³/mol. The van der Waals surface area contributed by atoms with E-state index in [9.17, 15) is 4.79 Å². The lowest BCUT2D eigenvalue weighted by molar-refractivity contribution is -0.0567. The van der Waals surface area contributed by atoms with Crippen molar-refractivity contribution >= 4 is 51.8 Å². The van der Waals surface area contributed by atoms with Gasteiger partial charge in [0.1, 0.15) is 5.60 Å². The van der Waals surface area contributed by atoms with E-state index < -0.39 is 5.60 Å². The van der Waals surface area contributed by atoms with E-state index in [4.69, 9.17) is 37.8 Å². The molecule has 5 rings (SSSR count). The van der Waals surface area contributed by atoms with Crippen molar-refractivity contribution in [3.63, 3.8) is 0 Å². The summed E-state index contributed by atoms with van der Waals surface area (Å²) < 4.78 is 13.6. The molecule has 2 saturated heterocycles. The van der Waals surface area contributed by atoms with Crippen LogP contribution in [0.4, 0.5) is 0 Å². The molecular formula is C25H27Cl2N3O3S. The number of esters is 1. The third-order valence-corrected chi connectivity index (χ3v) is 8.09. The Morgan fingerprint density at radius 2 is 1.88 bits per heavy atom. The SMILES string of the molecule is O=C(OC1(CN2CCOCC2)CCSCC1)c1nn(Cc2ccc(Cl)cc2Cl)c2ccccc12. The van der Waals surface area contributed by atoms with Crippen LogP contribution in [-0.4, -0.2) is 70.6 Å². The minimum atomic E-state index is -0.496. The minimum Gasteiger partial charge on any atom is -0.453 e. The Morgan fingerprint density at radius 3 is 2.65 bits per heavy atom. The van der Waals surface area contributed by atoms with Crippen LogP contribution >= 0.6 is 35.0 Å². The van der Waals surface area contributed by atoms with Crippen molar-refractivity contribution < 1.29 is 14.3 Å². The molecule has 0 amide bonds. The molecule has 9 heteroatoms. The number of hydrogen-bond donors (Lipinski definition) is 0. The number of carbonyl (C=O) groups excluding carboxylic acids is 1. The molecule has 0 unspecified atom stereocenters. The molecule has 0 spiro atoms. The molecule has 2 aliphatic rings. The quantitative estimate of drug-likeness (QED) is 0.420. The van der Waals surface area contributed by atoms with Crippen LogP contribution in [0.15, 0.2) is 42.5 Å². The van der Waals surface area contributed by atoms with E-state index in [2.05, 4.69) is 4.90 Å². The normalized spacial score (nSPS) is 18.8. The molecule has 1 aromatic heterocycles. The fourth-order valence-corrected chi connectivity index (χ4v) is 6.36. The molecule has 0 saturated carbocycles. The number of hydrogen-bond acceptors (Lipinski definition) is 6. The van der Waals surface area contributed by atoms with Gasteiger partial charge >= 0.3 is 5.97 Å².